The van der Waals surface area contributed by atoms with Crippen molar-refractivity contribution in [3.63, 3.8) is 0 Å². The van der Waals surface area contributed by atoms with Crippen molar-refractivity contribution < 1.29 is 18.0 Å². The molecule has 0 radical (unpaired) electrons. The second-order valence-electron chi connectivity index (χ2n) is 7.02. The van der Waals surface area contributed by atoms with E-state index in [1.807, 2.05) is 6.92 Å². The molecule has 2 aromatic rings. The van der Waals surface area contributed by atoms with Gasteiger partial charge in [-0.3, -0.25) is 4.79 Å². The minimum atomic E-state index is -4.45. The van der Waals surface area contributed by atoms with Crippen LogP contribution in [-0.2, 0) is 11.0 Å². The highest BCUT2D eigenvalue weighted by atomic mass is 32.2. The molecule has 0 aliphatic heterocycles. The third kappa shape index (κ3) is 4.87. The van der Waals surface area contributed by atoms with Crippen molar-refractivity contribution in [2.45, 2.75) is 68.6 Å². The Morgan fingerprint density at radius 2 is 1.96 bits per heavy atom. The summed E-state index contributed by atoms with van der Waals surface area (Å²) in [7, 11) is 0. The minimum Gasteiger partial charge on any atom is -0.325 e. The Balaban J connectivity index is 1.68. The lowest BCUT2D eigenvalue weighted by atomic mass is 9.95. The highest BCUT2D eigenvalue weighted by Crippen LogP contribution is 2.34. The lowest BCUT2D eigenvalue weighted by Gasteiger charge is -2.25. The van der Waals surface area contributed by atoms with Gasteiger partial charge in [0.05, 0.1) is 10.8 Å². The van der Waals surface area contributed by atoms with Gasteiger partial charge >= 0.3 is 6.18 Å². The van der Waals surface area contributed by atoms with Gasteiger partial charge in [-0.2, -0.15) is 13.2 Å². The second-order valence-corrected chi connectivity index (χ2v) is 8.33. The van der Waals surface area contributed by atoms with Gasteiger partial charge < -0.3 is 9.88 Å². The Hall–Kier alpha value is -2.03. The fourth-order valence-corrected chi connectivity index (χ4v) is 4.38. The number of benzene rings is 1. The smallest absolute Gasteiger partial charge is 0.325 e. The molecule has 1 aromatic carbocycles. The van der Waals surface area contributed by atoms with Crippen molar-refractivity contribution >= 4 is 23.4 Å². The van der Waals surface area contributed by atoms with Gasteiger partial charge in [-0.15, -0.1) is 10.2 Å². The summed E-state index contributed by atoms with van der Waals surface area (Å²) in [5.74, 6) is 0.444. The van der Waals surface area contributed by atoms with Gasteiger partial charge in [0.15, 0.2) is 5.16 Å². The van der Waals surface area contributed by atoms with Gasteiger partial charge in [0.2, 0.25) is 5.91 Å². The molecule has 1 unspecified atom stereocenters. The fraction of sp³-hybridized carbons (Fsp3) is 0.526. The molecule has 152 valence electrons. The summed E-state index contributed by atoms with van der Waals surface area (Å²) in [5.41, 5.74) is -0.671. The molecule has 1 amide bonds. The van der Waals surface area contributed by atoms with Crippen LogP contribution in [-0.4, -0.2) is 25.9 Å². The molecule has 1 N–H and O–H groups in total. The third-order valence-electron chi connectivity index (χ3n) is 4.88. The van der Waals surface area contributed by atoms with Gasteiger partial charge in [0.25, 0.3) is 0 Å². The molecule has 0 spiro atoms. The molecular formula is C19H23F3N4OS. The lowest BCUT2D eigenvalue weighted by molar-refractivity contribution is -0.137. The molecule has 1 heterocycles. The van der Waals surface area contributed by atoms with Gasteiger partial charge in [-0.05, 0) is 44.9 Å². The normalized spacial score (nSPS) is 16.8. The Morgan fingerprint density at radius 1 is 1.25 bits per heavy atom. The number of thioether (sulfide) groups is 1. The van der Waals surface area contributed by atoms with E-state index in [2.05, 4.69) is 20.1 Å². The van der Waals surface area contributed by atoms with Crippen molar-refractivity contribution in [2.24, 2.45) is 0 Å². The number of nitrogens with one attached hydrogen (secondary N) is 1. The van der Waals surface area contributed by atoms with E-state index < -0.39 is 17.0 Å². The van der Waals surface area contributed by atoms with E-state index >= 15 is 0 Å². The SMILES string of the molecule is Cc1nnc(SC(C)C(=O)Nc2cccc(C(F)(F)F)c2)n1C1CCCCC1. The average Bonchev–Trinajstić information content (AvgIpc) is 3.02. The van der Waals surface area contributed by atoms with Crippen LogP contribution in [0.4, 0.5) is 18.9 Å². The molecule has 1 saturated carbocycles. The molecule has 1 aliphatic rings. The zero-order valence-corrected chi connectivity index (χ0v) is 16.6. The van der Waals surface area contributed by atoms with E-state index in [1.54, 1.807) is 6.92 Å². The number of hydrogen-bond donors (Lipinski definition) is 1. The summed E-state index contributed by atoms with van der Waals surface area (Å²) in [6.07, 6.45) is 1.25. The minimum absolute atomic E-state index is 0.122. The van der Waals surface area contributed by atoms with Crippen LogP contribution in [0.5, 0.6) is 0 Å². The van der Waals surface area contributed by atoms with Crippen molar-refractivity contribution in [1.29, 1.82) is 0 Å². The van der Waals surface area contributed by atoms with Crippen LogP contribution in [0.1, 0.15) is 56.5 Å². The van der Waals surface area contributed by atoms with Gasteiger partial charge in [-0.25, -0.2) is 0 Å². The lowest BCUT2D eigenvalue weighted by Crippen LogP contribution is -2.24. The first kappa shape index (κ1) is 20.7. The third-order valence-corrected chi connectivity index (χ3v) is 5.94. The van der Waals surface area contributed by atoms with E-state index in [-0.39, 0.29) is 11.6 Å². The standard InChI is InChI=1S/C19H23F3N4OS/c1-12(17(27)23-15-8-6-7-14(11-15)19(20,21)22)28-18-25-24-13(2)26(18)16-9-4-3-5-10-16/h6-8,11-12,16H,3-5,9-10H2,1-2H3,(H,23,27). The number of amides is 1. The molecule has 5 nitrogen and oxygen atoms in total. The van der Waals surface area contributed by atoms with Crippen LogP contribution in [0.25, 0.3) is 0 Å². The maximum Gasteiger partial charge on any atom is 0.416 e. The predicted octanol–water partition coefficient (Wildman–Crippen LogP) is 5.23. The number of carbonyl (C=O) groups is 1. The number of rotatable bonds is 5. The number of nitrogens with zero attached hydrogens (tertiary/aromatic N) is 3. The summed E-state index contributed by atoms with van der Waals surface area (Å²) in [6, 6.07) is 4.97. The second kappa shape index (κ2) is 8.55. The van der Waals surface area contributed by atoms with Gasteiger partial charge in [0, 0.05) is 11.7 Å². The molecule has 1 atom stereocenters. The van der Waals surface area contributed by atoms with Crippen LogP contribution in [0.2, 0.25) is 0 Å². The Bertz CT molecular complexity index is 831. The predicted molar refractivity (Wildman–Crippen MR) is 102 cm³/mol. The number of aryl methyl sites for hydroxylation is 1. The molecule has 1 aromatic heterocycles. The molecule has 3 rings (SSSR count). The number of halogens is 3. The average molecular weight is 412 g/mol. The summed E-state index contributed by atoms with van der Waals surface area (Å²) in [4.78, 5) is 12.5. The summed E-state index contributed by atoms with van der Waals surface area (Å²) < 4.78 is 40.6. The van der Waals surface area contributed by atoms with Gasteiger partial charge in [0.1, 0.15) is 5.82 Å². The van der Waals surface area contributed by atoms with E-state index in [0.717, 1.165) is 43.6 Å². The van der Waals surface area contributed by atoms with Crippen LogP contribution >= 0.6 is 11.8 Å². The molecule has 9 heteroatoms. The van der Waals surface area contributed by atoms with Crippen molar-refractivity contribution in [3.05, 3.63) is 35.7 Å². The molecular weight excluding hydrogens is 389 g/mol. The summed E-state index contributed by atoms with van der Waals surface area (Å²) >= 11 is 1.28. The van der Waals surface area contributed by atoms with E-state index in [4.69, 9.17) is 0 Å². The van der Waals surface area contributed by atoms with Crippen LogP contribution in [0.3, 0.4) is 0 Å². The summed E-state index contributed by atoms with van der Waals surface area (Å²) in [6.45, 7) is 3.61. The van der Waals surface area contributed by atoms with E-state index in [9.17, 15) is 18.0 Å². The van der Waals surface area contributed by atoms with Crippen LogP contribution in [0, 0.1) is 6.92 Å². The zero-order chi connectivity index (χ0) is 20.3. The van der Waals surface area contributed by atoms with Crippen molar-refractivity contribution in [3.8, 4) is 0 Å². The van der Waals surface area contributed by atoms with Crippen molar-refractivity contribution in [2.75, 3.05) is 5.32 Å². The number of hydrogen-bond acceptors (Lipinski definition) is 4. The highest BCUT2D eigenvalue weighted by molar-refractivity contribution is 8.00. The zero-order valence-electron chi connectivity index (χ0n) is 15.8. The molecule has 0 saturated heterocycles. The monoisotopic (exact) mass is 412 g/mol. The number of carbonyl (C=O) groups excluding carboxylic acids is 1. The number of aromatic nitrogens is 3. The van der Waals surface area contributed by atoms with Gasteiger partial charge in [-0.1, -0.05) is 37.1 Å². The quantitative estimate of drug-likeness (QED) is 0.683. The first-order chi connectivity index (χ1) is 13.3. The molecule has 1 fully saturated rings. The Morgan fingerprint density at radius 3 is 2.64 bits per heavy atom. The molecule has 28 heavy (non-hydrogen) atoms. The molecule has 1 aliphatic carbocycles. The number of anilines is 1. The van der Waals surface area contributed by atoms with Crippen LogP contribution < -0.4 is 5.32 Å². The van der Waals surface area contributed by atoms with E-state index in [1.165, 1.54) is 30.3 Å². The first-order valence-electron chi connectivity index (χ1n) is 9.32. The highest BCUT2D eigenvalue weighted by Gasteiger charge is 2.31. The topological polar surface area (TPSA) is 59.8 Å². The maximum atomic E-state index is 12.8. The summed E-state index contributed by atoms with van der Waals surface area (Å²) in [5, 5.41) is 11.1. The first-order valence-corrected chi connectivity index (χ1v) is 10.2. The Kier molecular flexibility index (Phi) is 6.32. The fourth-order valence-electron chi connectivity index (χ4n) is 3.42. The number of alkyl halides is 3. The molecule has 0 bridgehead atoms. The largest absolute Gasteiger partial charge is 0.416 e. The van der Waals surface area contributed by atoms with E-state index in [0.29, 0.717) is 11.2 Å². The maximum absolute atomic E-state index is 12.8. The van der Waals surface area contributed by atoms with Crippen molar-refractivity contribution in [1.82, 2.24) is 14.8 Å². The Labute approximate surface area is 166 Å². The van der Waals surface area contributed by atoms with Crippen LogP contribution in [0.15, 0.2) is 29.4 Å².